The van der Waals surface area contributed by atoms with Gasteiger partial charge in [0.1, 0.15) is 5.75 Å². The van der Waals surface area contributed by atoms with Gasteiger partial charge in [0.05, 0.1) is 26.7 Å². The summed E-state index contributed by atoms with van der Waals surface area (Å²) in [5.74, 6) is 0.0187. The maximum atomic E-state index is 12.1. The van der Waals surface area contributed by atoms with Gasteiger partial charge < -0.3 is 19.9 Å². The van der Waals surface area contributed by atoms with Crippen LogP contribution in [0.1, 0.15) is 0 Å². The van der Waals surface area contributed by atoms with Crippen LogP contribution >= 0.6 is 0 Å². The van der Waals surface area contributed by atoms with Crippen molar-refractivity contribution in [1.29, 1.82) is 0 Å². The lowest BCUT2D eigenvalue weighted by Gasteiger charge is -2.22. The van der Waals surface area contributed by atoms with Crippen LogP contribution in [-0.2, 0) is 14.4 Å². The average molecular weight is 350 g/mol. The molecule has 25 heavy (non-hydrogen) atoms. The van der Waals surface area contributed by atoms with Crippen molar-refractivity contribution in [3.8, 4) is 5.75 Å². The molecule has 0 bridgehead atoms. The molecule has 1 aromatic rings. The summed E-state index contributed by atoms with van der Waals surface area (Å²) in [5, 5.41) is 2.75. The molecule has 0 aliphatic carbocycles. The number of methoxy groups -OCH3 is 1. The Morgan fingerprint density at radius 2 is 1.68 bits per heavy atom. The molecule has 0 aromatic heterocycles. The number of benzene rings is 1. The van der Waals surface area contributed by atoms with Gasteiger partial charge in [0.15, 0.2) is 0 Å². The number of nitrogens with zero attached hydrogens (tertiary/aromatic N) is 3. The van der Waals surface area contributed by atoms with E-state index in [9.17, 15) is 14.4 Å². The lowest BCUT2D eigenvalue weighted by Crippen LogP contribution is -2.43. The third kappa shape index (κ3) is 7.21. The molecule has 0 fully saturated rings. The molecular weight excluding hydrogens is 324 g/mol. The molecule has 0 spiro atoms. The number of anilines is 1. The van der Waals surface area contributed by atoms with Crippen molar-refractivity contribution in [2.45, 2.75) is 0 Å². The first-order chi connectivity index (χ1) is 11.7. The van der Waals surface area contributed by atoms with E-state index in [1.165, 1.54) is 9.80 Å². The molecule has 138 valence electrons. The lowest BCUT2D eigenvalue weighted by atomic mass is 10.3. The molecular formula is C17H26N4O4. The number of rotatable bonds is 8. The van der Waals surface area contributed by atoms with Gasteiger partial charge >= 0.3 is 0 Å². The first-order valence-electron chi connectivity index (χ1n) is 7.79. The second-order valence-corrected chi connectivity index (χ2v) is 5.99. The number of ether oxygens (including phenoxy) is 1. The van der Waals surface area contributed by atoms with Gasteiger partial charge in [-0.3, -0.25) is 19.3 Å². The van der Waals surface area contributed by atoms with E-state index in [0.29, 0.717) is 11.4 Å². The molecule has 0 heterocycles. The smallest absolute Gasteiger partial charge is 0.241 e. The van der Waals surface area contributed by atoms with E-state index in [-0.39, 0.29) is 37.4 Å². The van der Waals surface area contributed by atoms with Crippen molar-refractivity contribution >= 4 is 23.4 Å². The Morgan fingerprint density at radius 3 is 2.28 bits per heavy atom. The molecule has 8 heteroatoms. The summed E-state index contributed by atoms with van der Waals surface area (Å²) in [4.78, 5) is 40.1. The minimum Gasteiger partial charge on any atom is -0.497 e. The SMILES string of the molecule is COc1cccc(NC(=O)CN(C)CC(=O)N(C)CC(=O)N(C)C)c1. The standard InChI is InChI=1S/C17H26N4O4/c1-19(2)16(23)12-21(4)17(24)11-20(3)10-15(22)18-13-7-6-8-14(9-13)25-5/h6-9H,10-12H2,1-5H3,(H,18,22). The summed E-state index contributed by atoms with van der Waals surface area (Å²) in [5.41, 5.74) is 0.623. The molecule has 0 saturated carbocycles. The quantitative estimate of drug-likeness (QED) is 0.720. The Labute approximate surface area is 148 Å². The Balaban J connectivity index is 2.46. The molecule has 1 rings (SSSR count). The highest BCUT2D eigenvalue weighted by Crippen LogP contribution is 2.16. The Bertz CT molecular complexity index is 618. The third-order valence-electron chi connectivity index (χ3n) is 3.47. The minimum atomic E-state index is -0.240. The summed E-state index contributed by atoms with van der Waals surface area (Å²) >= 11 is 0. The Kier molecular flexibility index (Phi) is 7.87. The van der Waals surface area contributed by atoms with E-state index in [1.807, 2.05) is 0 Å². The topological polar surface area (TPSA) is 82.2 Å². The van der Waals surface area contributed by atoms with Crippen LogP contribution in [0.3, 0.4) is 0 Å². The van der Waals surface area contributed by atoms with Crippen LogP contribution in [0.4, 0.5) is 5.69 Å². The number of amides is 3. The Hall–Kier alpha value is -2.61. The number of hydrogen-bond donors (Lipinski definition) is 1. The normalized spacial score (nSPS) is 10.3. The maximum Gasteiger partial charge on any atom is 0.241 e. The van der Waals surface area contributed by atoms with Crippen molar-refractivity contribution in [3.05, 3.63) is 24.3 Å². The van der Waals surface area contributed by atoms with E-state index in [2.05, 4.69) is 5.32 Å². The van der Waals surface area contributed by atoms with Crippen molar-refractivity contribution < 1.29 is 19.1 Å². The molecule has 0 aliphatic heterocycles. The largest absolute Gasteiger partial charge is 0.497 e. The van der Waals surface area contributed by atoms with Crippen LogP contribution in [0.15, 0.2) is 24.3 Å². The van der Waals surface area contributed by atoms with Gasteiger partial charge in [0.2, 0.25) is 17.7 Å². The van der Waals surface area contributed by atoms with Crippen LogP contribution < -0.4 is 10.1 Å². The molecule has 0 atom stereocenters. The maximum absolute atomic E-state index is 12.1. The second-order valence-electron chi connectivity index (χ2n) is 5.99. The first-order valence-corrected chi connectivity index (χ1v) is 7.79. The van der Waals surface area contributed by atoms with Crippen LogP contribution in [0.5, 0.6) is 5.75 Å². The van der Waals surface area contributed by atoms with Gasteiger partial charge in [0.25, 0.3) is 0 Å². The highest BCUT2D eigenvalue weighted by Gasteiger charge is 2.17. The zero-order valence-electron chi connectivity index (χ0n) is 15.4. The molecule has 8 nitrogen and oxygen atoms in total. The fourth-order valence-corrected chi connectivity index (χ4v) is 1.99. The molecule has 0 unspecified atom stereocenters. The van der Waals surface area contributed by atoms with E-state index >= 15 is 0 Å². The zero-order valence-corrected chi connectivity index (χ0v) is 15.4. The molecule has 3 amide bonds. The van der Waals surface area contributed by atoms with Crippen LogP contribution in [0.25, 0.3) is 0 Å². The summed E-state index contributed by atoms with van der Waals surface area (Å²) in [6.07, 6.45) is 0. The second kappa shape index (κ2) is 9.63. The van der Waals surface area contributed by atoms with Crippen LogP contribution in [0.2, 0.25) is 0 Å². The minimum absolute atomic E-state index is 0.00960. The summed E-state index contributed by atoms with van der Waals surface area (Å²) in [6, 6.07) is 7.03. The number of hydrogen-bond acceptors (Lipinski definition) is 5. The van der Waals surface area contributed by atoms with Crippen molar-refractivity contribution in [3.63, 3.8) is 0 Å². The number of carbonyl (C=O) groups is 3. The number of nitrogens with one attached hydrogen (secondary N) is 1. The van der Waals surface area contributed by atoms with Crippen molar-refractivity contribution in [2.24, 2.45) is 0 Å². The van der Waals surface area contributed by atoms with Gasteiger partial charge in [-0.1, -0.05) is 6.07 Å². The van der Waals surface area contributed by atoms with Crippen LogP contribution in [0, 0.1) is 0 Å². The number of carbonyl (C=O) groups excluding carboxylic acids is 3. The van der Waals surface area contributed by atoms with Gasteiger partial charge in [-0.05, 0) is 19.2 Å². The predicted octanol–water partition coefficient (Wildman–Crippen LogP) is 0.112. The van der Waals surface area contributed by atoms with Crippen molar-refractivity contribution in [2.75, 3.05) is 60.3 Å². The highest BCUT2D eigenvalue weighted by molar-refractivity contribution is 5.93. The van der Waals surface area contributed by atoms with Crippen LogP contribution in [-0.4, -0.2) is 87.4 Å². The van der Waals surface area contributed by atoms with E-state index < -0.39 is 0 Å². The van der Waals surface area contributed by atoms with Gasteiger partial charge in [-0.25, -0.2) is 0 Å². The third-order valence-corrected chi connectivity index (χ3v) is 3.47. The van der Waals surface area contributed by atoms with Crippen molar-refractivity contribution in [1.82, 2.24) is 14.7 Å². The fraction of sp³-hybridized carbons (Fsp3) is 0.471. The Morgan fingerprint density at radius 1 is 1.00 bits per heavy atom. The fourth-order valence-electron chi connectivity index (χ4n) is 1.99. The summed E-state index contributed by atoms with van der Waals surface area (Å²) < 4.78 is 5.10. The average Bonchev–Trinajstić information content (AvgIpc) is 2.54. The van der Waals surface area contributed by atoms with Gasteiger partial charge in [0, 0.05) is 32.9 Å². The lowest BCUT2D eigenvalue weighted by molar-refractivity contribution is -0.138. The molecule has 0 saturated heterocycles. The molecule has 0 aliphatic rings. The van der Waals surface area contributed by atoms with E-state index in [1.54, 1.807) is 64.5 Å². The molecule has 0 radical (unpaired) electrons. The molecule has 1 N–H and O–H groups in total. The van der Waals surface area contributed by atoms with E-state index in [4.69, 9.17) is 4.74 Å². The zero-order chi connectivity index (χ0) is 19.0. The predicted molar refractivity (Wildman–Crippen MR) is 95.5 cm³/mol. The molecule has 1 aromatic carbocycles. The first kappa shape index (κ1) is 20.4. The summed E-state index contributed by atoms with van der Waals surface area (Å²) in [7, 11) is 8.06. The summed E-state index contributed by atoms with van der Waals surface area (Å²) in [6.45, 7) is 0.108. The monoisotopic (exact) mass is 350 g/mol. The number of likely N-dealkylation sites (N-methyl/N-ethyl adjacent to an activating group) is 3. The van der Waals surface area contributed by atoms with Gasteiger partial charge in [-0.2, -0.15) is 0 Å². The van der Waals surface area contributed by atoms with E-state index in [0.717, 1.165) is 0 Å². The van der Waals surface area contributed by atoms with Gasteiger partial charge in [-0.15, -0.1) is 0 Å². The highest BCUT2D eigenvalue weighted by atomic mass is 16.5.